The Morgan fingerprint density at radius 1 is 1.00 bits per heavy atom. The molecule has 1 heterocycles. The van der Waals surface area contributed by atoms with Gasteiger partial charge in [-0.15, -0.1) is 10.2 Å². The molecule has 0 saturated carbocycles. The largest absolute Gasteiger partial charge is 0.421 e. The first-order valence-electron chi connectivity index (χ1n) is 11.1. The van der Waals surface area contributed by atoms with Crippen molar-refractivity contribution in [2.75, 3.05) is 19.6 Å². The second-order valence-electron chi connectivity index (χ2n) is 7.59. The van der Waals surface area contributed by atoms with Crippen LogP contribution < -0.4 is 5.32 Å². The summed E-state index contributed by atoms with van der Waals surface area (Å²) in [7, 11) is 0. The highest BCUT2D eigenvalue weighted by atomic mass is 16.4. The van der Waals surface area contributed by atoms with Crippen LogP contribution in [0, 0.1) is 0 Å². The molecule has 0 aliphatic carbocycles. The normalized spacial score (nSPS) is 12.1. The van der Waals surface area contributed by atoms with Gasteiger partial charge in [-0.25, -0.2) is 0 Å². The van der Waals surface area contributed by atoms with E-state index >= 15 is 0 Å². The van der Waals surface area contributed by atoms with E-state index in [1.807, 2.05) is 36.4 Å². The van der Waals surface area contributed by atoms with Gasteiger partial charge in [-0.2, -0.15) is 0 Å². The van der Waals surface area contributed by atoms with Crippen LogP contribution in [0.25, 0.3) is 11.5 Å². The minimum atomic E-state index is 0.0630. The van der Waals surface area contributed by atoms with E-state index in [0.717, 1.165) is 25.1 Å². The summed E-state index contributed by atoms with van der Waals surface area (Å²) >= 11 is 0. The second-order valence-corrected chi connectivity index (χ2v) is 7.59. The van der Waals surface area contributed by atoms with Crippen LogP contribution in [-0.4, -0.2) is 46.7 Å². The molecule has 1 unspecified atom stereocenters. The molecule has 164 valence electrons. The van der Waals surface area contributed by atoms with E-state index in [2.05, 4.69) is 58.5 Å². The van der Waals surface area contributed by atoms with E-state index in [1.165, 1.54) is 5.56 Å². The molecular weight excluding hydrogens is 388 g/mol. The van der Waals surface area contributed by atoms with Gasteiger partial charge in [0.2, 0.25) is 17.7 Å². The van der Waals surface area contributed by atoms with Crippen molar-refractivity contribution in [3.8, 4) is 11.5 Å². The van der Waals surface area contributed by atoms with Crippen molar-refractivity contribution in [1.82, 2.24) is 20.4 Å². The summed E-state index contributed by atoms with van der Waals surface area (Å²) in [5, 5.41) is 11.3. The maximum atomic E-state index is 12.4. The first-order chi connectivity index (χ1) is 15.2. The molecule has 3 rings (SSSR count). The van der Waals surface area contributed by atoms with Crippen LogP contribution in [0.3, 0.4) is 0 Å². The molecule has 0 aliphatic rings. The molecule has 0 aliphatic heterocycles. The molecular formula is C25H32N4O2. The molecule has 0 fully saturated rings. The summed E-state index contributed by atoms with van der Waals surface area (Å²) in [5.74, 6) is 1.15. The van der Waals surface area contributed by atoms with Crippen molar-refractivity contribution in [1.29, 1.82) is 0 Å². The average molecular weight is 421 g/mol. The van der Waals surface area contributed by atoms with E-state index in [1.54, 1.807) is 0 Å². The second kappa shape index (κ2) is 12.0. The third kappa shape index (κ3) is 7.03. The fourth-order valence-corrected chi connectivity index (χ4v) is 3.73. The van der Waals surface area contributed by atoms with Gasteiger partial charge in [0.15, 0.2) is 0 Å². The van der Waals surface area contributed by atoms with Crippen LogP contribution in [0.2, 0.25) is 0 Å². The van der Waals surface area contributed by atoms with E-state index in [9.17, 15) is 4.79 Å². The van der Waals surface area contributed by atoms with Gasteiger partial charge in [-0.1, -0.05) is 62.4 Å². The standard InChI is InChI=1S/C25H32N4O2/c1-3-29(4-2)22(18-20-12-7-5-8-13-20)19-26-23(30)16-11-17-24-27-28-25(31-24)21-14-9-6-10-15-21/h5-10,12-15,22H,3-4,11,16-19H2,1-2H3,(H,26,30). The molecule has 3 aromatic rings. The molecule has 31 heavy (non-hydrogen) atoms. The number of aromatic nitrogens is 2. The van der Waals surface area contributed by atoms with Gasteiger partial charge in [0.25, 0.3) is 0 Å². The molecule has 6 heteroatoms. The fraction of sp³-hybridized carbons (Fsp3) is 0.400. The number of benzene rings is 2. The minimum absolute atomic E-state index is 0.0630. The quantitative estimate of drug-likeness (QED) is 0.477. The Balaban J connectivity index is 1.45. The lowest BCUT2D eigenvalue weighted by Crippen LogP contribution is -2.45. The molecule has 1 aromatic heterocycles. The van der Waals surface area contributed by atoms with Crippen LogP contribution in [-0.2, 0) is 17.6 Å². The predicted octanol–water partition coefficient (Wildman–Crippen LogP) is 4.13. The topological polar surface area (TPSA) is 71.3 Å². The smallest absolute Gasteiger partial charge is 0.247 e. The van der Waals surface area contributed by atoms with Crippen molar-refractivity contribution in [3.63, 3.8) is 0 Å². The van der Waals surface area contributed by atoms with Crippen molar-refractivity contribution in [3.05, 3.63) is 72.1 Å². The number of hydrogen-bond acceptors (Lipinski definition) is 5. The maximum absolute atomic E-state index is 12.4. The number of nitrogens with zero attached hydrogens (tertiary/aromatic N) is 3. The monoisotopic (exact) mass is 420 g/mol. The zero-order valence-corrected chi connectivity index (χ0v) is 18.5. The molecule has 0 spiro atoms. The van der Waals surface area contributed by atoms with E-state index < -0.39 is 0 Å². The Bertz CT molecular complexity index is 908. The molecule has 2 aromatic carbocycles. The molecule has 6 nitrogen and oxygen atoms in total. The lowest BCUT2D eigenvalue weighted by Gasteiger charge is -2.30. The van der Waals surface area contributed by atoms with Crippen molar-refractivity contribution < 1.29 is 9.21 Å². The summed E-state index contributed by atoms with van der Waals surface area (Å²) in [5.41, 5.74) is 2.19. The van der Waals surface area contributed by atoms with Crippen molar-refractivity contribution in [2.45, 2.75) is 45.6 Å². The Hall–Kier alpha value is -2.99. The number of hydrogen-bond donors (Lipinski definition) is 1. The van der Waals surface area contributed by atoms with E-state index in [-0.39, 0.29) is 11.9 Å². The van der Waals surface area contributed by atoms with Crippen LogP contribution in [0.15, 0.2) is 65.1 Å². The number of carbonyl (C=O) groups excluding carboxylic acids is 1. The van der Waals surface area contributed by atoms with Crippen LogP contribution in [0.1, 0.15) is 38.1 Å². The Morgan fingerprint density at radius 3 is 2.35 bits per heavy atom. The van der Waals surface area contributed by atoms with Crippen LogP contribution in [0.5, 0.6) is 0 Å². The zero-order valence-electron chi connectivity index (χ0n) is 18.5. The molecule has 0 bridgehead atoms. The number of nitrogens with one attached hydrogen (secondary N) is 1. The summed E-state index contributed by atoms with van der Waals surface area (Å²) in [4.78, 5) is 14.8. The zero-order chi connectivity index (χ0) is 21.9. The van der Waals surface area contributed by atoms with Gasteiger partial charge in [-0.3, -0.25) is 9.69 Å². The molecule has 1 N–H and O–H groups in total. The summed E-state index contributed by atoms with van der Waals surface area (Å²) in [6, 6.07) is 20.4. The van der Waals surface area contributed by atoms with Gasteiger partial charge < -0.3 is 9.73 Å². The number of rotatable bonds is 12. The van der Waals surface area contributed by atoms with Gasteiger partial charge in [0.1, 0.15) is 0 Å². The van der Waals surface area contributed by atoms with Gasteiger partial charge in [0.05, 0.1) is 0 Å². The summed E-state index contributed by atoms with van der Waals surface area (Å²) in [6.45, 7) is 6.90. The van der Waals surface area contributed by atoms with Crippen LogP contribution in [0.4, 0.5) is 0 Å². The highest BCUT2D eigenvalue weighted by molar-refractivity contribution is 5.75. The summed E-state index contributed by atoms with van der Waals surface area (Å²) < 4.78 is 5.72. The predicted molar refractivity (Wildman–Crippen MR) is 123 cm³/mol. The van der Waals surface area contributed by atoms with Crippen molar-refractivity contribution >= 4 is 5.91 Å². The highest BCUT2D eigenvalue weighted by Gasteiger charge is 2.17. The minimum Gasteiger partial charge on any atom is -0.421 e. The Labute approximate surface area is 184 Å². The number of amides is 1. The maximum Gasteiger partial charge on any atom is 0.247 e. The average Bonchev–Trinajstić information content (AvgIpc) is 3.28. The van der Waals surface area contributed by atoms with Gasteiger partial charge >= 0.3 is 0 Å². The highest BCUT2D eigenvalue weighted by Crippen LogP contribution is 2.17. The lowest BCUT2D eigenvalue weighted by molar-refractivity contribution is -0.121. The first kappa shape index (κ1) is 22.7. The summed E-state index contributed by atoms with van der Waals surface area (Å²) in [6.07, 6.45) is 2.64. The SMILES string of the molecule is CCN(CC)C(CNC(=O)CCCc1nnc(-c2ccccc2)o1)Cc1ccccc1. The van der Waals surface area contributed by atoms with E-state index in [4.69, 9.17) is 4.42 Å². The first-order valence-corrected chi connectivity index (χ1v) is 11.1. The van der Waals surface area contributed by atoms with E-state index in [0.29, 0.717) is 37.6 Å². The Morgan fingerprint density at radius 2 is 1.68 bits per heavy atom. The molecule has 1 amide bonds. The molecule has 0 saturated heterocycles. The number of carbonyl (C=O) groups is 1. The number of likely N-dealkylation sites (N-methyl/N-ethyl adjacent to an activating group) is 1. The van der Waals surface area contributed by atoms with Gasteiger partial charge in [0, 0.05) is 31.0 Å². The van der Waals surface area contributed by atoms with Crippen molar-refractivity contribution in [2.24, 2.45) is 0 Å². The fourth-order valence-electron chi connectivity index (χ4n) is 3.73. The third-order valence-corrected chi connectivity index (χ3v) is 5.46. The third-order valence-electron chi connectivity index (χ3n) is 5.46. The number of aryl methyl sites for hydroxylation is 1. The van der Waals surface area contributed by atoms with Crippen LogP contribution >= 0.6 is 0 Å². The lowest BCUT2D eigenvalue weighted by atomic mass is 10.0. The molecule has 1 atom stereocenters. The Kier molecular flexibility index (Phi) is 8.79. The molecule has 0 radical (unpaired) electrons. The van der Waals surface area contributed by atoms with Gasteiger partial charge in [-0.05, 0) is 43.6 Å².